The fourth-order valence-corrected chi connectivity index (χ4v) is 1.58. The number of anilines is 1. The Labute approximate surface area is 96.2 Å². The molecule has 0 fully saturated rings. The predicted molar refractivity (Wildman–Crippen MR) is 64.2 cm³/mol. The quantitative estimate of drug-likeness (QED) is 0.838. The molecule has 3 nitrogen and oxygen atoms in total. The van der Waals surface area contributed by atoms with Crippen LogP contribution in [0.4, 0.5) is 5.82 Å². The van der Waals surface area contributed by atoms with E-state index < -0.39 is 0 Å². The van der Waals surface area contributed by atoms with E-state index in [-0.39, 0.29) is 0 Å². The van der Waals surface area contributed by atoms with Gasteiger partial charge in [0.15, 0.2) is 5.15 Å². The summed E-state index contributed by atoms with van der Waals surface area (Å²) in [6, 6.07) is 4.00. The van der Waals surface area contributed by atoms with Crippen LogP contribution in [0.1, 0.15) is 33.6 Å². The zero-order valence-electron chi connectivity index (χ0n) is 9.50. The Hall–Kier alpha value is -0.830. The molecule has 0 aliphatic rings. The topological polar surface area (TPSA) is 37.8 Å². The van der Waals surface area contributed by atoms with Gasteiger partial charge in [0.25, 0.3) is 0 Å². The molecule has 15 heavy (non-hydrogen) atoms. The lowest BCUT2D eigenvalue weighted by molar-refractivity contribution is 0.483. The third-order valence-electron chi connectivity index (χ3n) is 2.48. The monoisotopic (exact) mass is 227 g/mol. The third-order valence-corrected chi connectivity index (χ3v) is 2.68. The van der Waals surface area contributed by atoms with Crippen molar-refractivity contribution in [1.82, 2.24) is 10.2 Å². The number of aromatic nitrogens is 2. The normalized spacial score (nSPS) is 14.7. The molecule has 0 aliphatic carbocycles. The third kappa shape index (κ3) is 4.47. The molecule has 1 aromatic rings. The van der Waals surface area contributed by atoms with Crippen LogP contribution in [0.3, 0.4) is 0 Å². The lowest BCUT2D eigenvalue weighted by Crippen LogP contribution is -2.19. The summed E-state index contributed by atoms with van der Waals surface area (Å²) in [4.78, 5) is 0. The molecule has 4 heteroatoms. The van der Waals surface area contributed by atoms with Crippen LogP contribution >= 0.6 is 11.6 Å². The Morgan fingerprint density at radius 3 is 2.60 bits per heavy atom. The summed E-state index contributed by atoms with van der Waals surface area (Å²) in [5.74, 6) is 1.52. The summed E-state index contributed by atoms with van der Waals surface area (Å²) in [6.45, 7) is 6.62. The van der Waals surface area contributed by atoms with Gasteiger partial charge >= 0.3 is 0 Å². The van der Waals surface area contributed by atoms with Crippen LogP contribution in [0.25, 0.3) is 0 Å². The lowest BCUT2D eigenvalue weighted by atomic mass is 10.0. The van der Waals surface area contributed by atoms with Gasteiger partial charge in [-0.2, -0.15) is 0 Å². The molecule has 0 saturated carbocycles. The van der Waals surface area contributed by atoms with Crippen LogP contribution in [-0.4, -0.2) is 16.2 Å². The van der Waals surface area contributed by atoms with Crippen molar-refractivity contribution in [2.24, 2.45) is 5.92 Å². The minimum Gasteiger partial charge on any atom is -0.366 e. The molecular formula is C11H18ClN3. The van der Waals surface area contributed by atoms with Crippen molar-refractivity contribution in [3.8, 4) is 0 Å². The van der Waals surface area contributed by atoms with Gasteiger partial charge < -0.3 is 5.32 Å². The highest BCUT2D eigenvalue weighted by Gasteiger charge is 2.07. The maximum Gasteiger partial charge on any atom is 0.151 e. The fourth-order valence-electron chi connectivity index (χ4n) is 1.47. The maximum absolute atomic E-state index is 5.65. The molecule has 0 spiro atoms. The zero-order valence-corrected chi connectivity index (χ0v) is 10.3. The van der Waals surface area contributed by atoms with E-state index in [2.05, 4.69) is 36.3 Å². The van der Waals surface area contributed by atoms with Crippen molar-refractivity contribution in [2.45, 2.75) is 39.7 Å². The number of halogens is 1. The van der Waals surface area contributed by atoms with E-state index >= 15 is 0 Å². The van der Waals surface area contributed by atoms with E-state index in [0.29, 0.717) is 11.2 Å². The summed E-state index contributed by atoms with van der Waals surface area (Å²) >= 11 is 5.65. The molecule has 0 saturated heterocycles. The van der Waals surface area contributed by atoms with Gasteiger partial charge in [-0.1, -0.05) is 31.9 Å². The Morgan fingerprint density at radius 2 is 2.07 bits per heavy atom. The predicted octanol–water partition coefficient (Wildman–Crippen LogP) is 3.37. The van der Waals surface area contributed by atoms with Gasteiger partial charge in [-0.3, -0.25) is 0 Å². The first kappa shape index (κ1) is 12.2. The number of hydrogen-bond acceptors (Lipinski definition) is 3. The molecule has 0 aromatic carbocycles. The molecule has 1 heterocycles. The molecule has 0 radical (unpaired) electrons. The van der Waals surface area contributed by atoms with Crippen LogP contribution in [0.2, 0.25) is 5.15 Å². The molecule has 2 unspecified atom stereocenters. The first-order chi connectivity index (χ1) is 7.11. The number of rotatable bonds is 5. The van der Waals surface area contributed by atoms with Gasteiger partial charge in [-0.05, 0) is 31.4 Å². The van der Waals surface area contributed by atoms with E-state index in [9.17, 15) is 0 Å². The summed E-state index contributed by atoms with van der Waals surface area (Å²) in [5.41, 5.74) is 0. The number of nitrogens with zero attached hydrogens (tertiary/aromatic N) is 2. The Morgan fingerprint density at radius 1 is 1.33 bits per heavy atom. The van der Waals surface area contributed by atoms with E-state index in [4.69, 9.17) is 11.6 Å². The summed E-state index contributed by atoms with van der Waals surface area (Å²) in [6.07, 6.45) is 2.35. The second-order valence-electron chi connectivity index (χ2n) is 4.04. The average molecular weight is 228 g/mol. The smallest absolute Gasteiger partial charge is 0.151 e. The van der Waals surface area contributed by atoms with Gasteiger partial charge in [-0.15, -0.1) is 10.2 Å². The van der Waals surface area contributed by atoms with Crippen molar-refractivity contribution in [3.63, 3.8) is 0 Å². The first-order valence-corrected chi connectivity index (χ1v) is 5.75. The molecule has 1 N–H and O–H groups in total. The van der Waals surface area contributed by atoms with Crippen LogP contribution in [0, 0.1) is 5.92 Å². The van der Waals surface area contributed by atoms with Gasteiger partial charge in [0.05, 0.1) is 0 Å². The van der Waals surface area contributed by atoms with E-state index in [0.717, 1.165) is 18.2 Å². The Balaban J connectivity index is 2.44. The van der Waals surface area contributed by atoms with Crippen LogP contribution in [-0.2, 0) is 0 Å². The maximum atomic E-state index is 5.65. The molecule has 0 bridgehead atoms. The largest absolute Gasteiger partial charge is 0.366 e. The number of nitrogens with one attached hydrogen (secondary N) is 1. The minimum atomic E-state index is 0.412. The molecule has 1 rings (SSSR count). The molecule has 0 aliphatic heterocycles. The second kappa shape index (κ2) is 5.91. The molecule has 2 atom stereocenters. The summed E-state index contributed by atoms with van der Waals surface area (Å²) in [7, 11) is 0. The van der Waals surface area contributed by atoms with Gasteiger partial charge in [0, 0.05) is 6.04 Å². The minimum absolute atomic E-state index is 0.412. The van der Waals surface area contributed by atoms with Crippen molar-refractivity contribution >= 4 is 17.4 Å². The number of hydrogen-bond donors (Lipinski definition) is 1. The lowest BCUT2D eigenvalue weighted by Gasteiger charge is -2.17. The average Bonchev–Trinajstić information content (AvgIpc) is 2.21. The summed E-state index contributed by atoms with van der Waals surface area (Å²) < 4.78 is 0. The molecular weight excluding hydrogens is 210 g/mol. The van der Waals surface area contributed by atoms with E-state index in [1.54, 1.807) is 6.07 Å². The van der Waals surface area contributed by atoms with Crippen molar-refractivity contribution in [2.75, 3.05) is 5.32 Å². The Bertz CT molecular complexity index is 286. The SMILES string of the molecule is CCC(C)CC(C)Nc1ccc(Cl)nn1. The molecule has 0 amide bonds. The standard InChI is InChI=1S/C11H18ClN3/c1-4-8(2)7-9(3)13-11-6-5-10(12)14-15-11/h5-6,8-9H,4,7H2,1-3H3,(H,13,15). The van der Waals surface area contributed by atoms with Crippen LogP contribution < -0.4 is 5.32 Å². The highest BCUT2D eigenvalue weighted by Crippen LogP contribution is 2.13. The second-order valence-corrected chi connectivity index (χ2v) is 4.42. The molecule has 1 aromatic heterocycles. The van der Waals surface area contributed by atoms with E-state index in [1.165, 1.54) is 6.42 Å². The van der Waals surface area contributed by atoms with Gasteiger partial charge in [-0.25, -0.2) is 0 Å². The van der Waals surface area contributed by atoms with E-state index in [1.807, 2.05) is 6.07 Å². The summed E-state index contributed by atoms with van der Waals surface area (Å²) in [5, 5.41) is 11.5. The highest BCUT2D eigenvalue weighted by molar-refractivity contribution is 6.29. The fraction of sp³-hybridized carbons (Fsp3) is 0.636. The van der Waals surface area contributed by atoms with Crippen molar-refractivity contribution in [3.05, 3.63) is 17.3 Å². The van der Waals surface area contributed by atoms with Crippen molar-refractivity contribution in [1.29, 1.82) is 0 Å². The van der Waals surface area contributed by atoms with Crippen molar-refractivity contribution < 1.29 is 0 Å². The van der Waals surface area contributed by atoms with Crippen LogP contribution in [0.15, 0.2) is 12.1 Å². The Kier molecular flexibility index (Phi) is 4.82. The van der Waals surface area contributed by atoms with Crippen LogP contribution in [0.5, 0.6) is 0 Å². The first-order valence-electron chi connectivity index (χ1n) is 5.37. The van der Waals surface area contributed by atoms with Gasteiger partial charge in [0.1, 0.15) is 5.82 Å². The molecule has 84 valence electrons. The highest BCUT2D eigenvalue weighted by atomic mass is 35.5. The van der Waals surface area contributed by atoms with Gasteiger partial charge in [0.2, 0.25) is 0 Å². The zero-order chi connectivity index (χ0) is 11.3.